The smallest absolute Gasteiger partial charge is 0.244 e. The van der Waals surface area contributed by atoms with Gasteiger partial charge in [-0.2, -0.15) is 0 Å². The van der Waals surface area contributed by atoms with E-state index in [1.54, 1.807) is 6.07 Å². The summed E-state index contributed by atoms with van der Waals surface area (Å²) in [5.74, 6) is 0.228. The predicted molar refractivity (Wildman–Crippen MR) is 77.7 cm³/mol. The first-order valence-corrected chi connectivity index (χ1v) is 8.44. The van der Waals surface area contributed by atoms with Crippen molar-refractivity contribution in [1.82, 2.24) is 4.72 Å². The normalized spacial score (nSPS) is 18.9. The second-order valence-electron chi connectivity index (χ2n) is 4.96. The molecule has 0 radical (unpaired) electrons. The van der Waals surface area contributed by atoms with Gasteiger partial charge in [0.15, 0.2) is 0 Å². The highest BCUT2D eigenvalue weighted by molar-refractivity contribution is 7.89. The maximum atomic E-state index is 12.3. The highest BCUT2D eigenvalue weighted by Gasteiger charge is 2.21. The zero-order valence-electron chi connectivity index (χ0n) is 12.0. The molecule has 0 aliphatic carbocycles. The lowest BCUT2D eigenvalue weighted by Gasteiger charge is -2.13. The summed E-state index contributed by atoms with van der Waals surface area (Å²) in [5.41, 5.74) is 0.602. The molecule has 1 aromatic rings. The maximum Gasteiger partial charge on any atom is 0.244 e. The molecule has 1 atom stereocenters. The van der Waals surface area contributed by atoms with E-state index in [4.69, 9.17) is 14.6 Å². The van der Waals surface area contributed by atoms with E-state index < -0.39 is 10.0 Å². The minimum Gasteiger partial charge on any atom is -0.495 e. The van der Waals surface area contributed by atoms with Crippen LogP contribution in [0.4, 0.5) is 0 Å². The van der Waals surface area contributed by atoms with Crippen molar-refractivity contribution in [3.8, 4) is 5.75 Å². The van der Waals surface area contributed by atoms with Crippen LogP contribution in [0.5, 0.6) is 5.75 Å². The number of rotatable bonds is 7. The van der Waals surface area contributed by atoms with Gasteiger partial charge in [-0.25, -0.2) is 13.1 Å². The van der Waals surface area contributed by atoms with Gasteiger partial charge in [0, 0.05) is 13.2 Å². The van der Waals surface area contributed by atoms with E-state index in [0.29, 0.717) is 18.5 Å². The molecule has 2 N–H and O–H groups in total. The minimum atomic E-state index is -3.63. The van der Waals surface area contributed by atoms with Gasteiger partial charge in [0.2, 0.25) is 10.0 Å². The van der Waals surface area contributed by atoms with Crippen molar-refractivity contribution in [3.05, 3.63) is 23.8 Å². The number of aliphatic hydroxyl groups excluding tert-OH is 1. The Balaban J connectivity index is 2.04. The van der Waals surface area contributed by atoms with E-state index in [0.717, 1.165) is 19.4 Å². The first-order valence-electron chi connectivity index (χ1n) is 6.96. The number of ether oxygens (including phenoxy) is 2. The largest absolute Gasteiger partial charge is 0.495 e. The summed E-state index contributed by atoms with van der Waals surface area (Å²) >= 11 is 0. The Morgan fingerprint density at radius 2 is 2.29 bits per heavy atom. The van der Waals surface area contributed by atoms with Crippen molar-refractivity contribution < 1.29 is 23.0 Å². The summed E-state index contributed by atoms with van der Waals surface area (Å²) in [5, 5.41) is 9.08. The summed E-state index contributed by atoms with van der Waals surface area (Å²) < 4.78 is 37.7. The number of methoxy groups -OCH3 is 1. The first-order chi connectivity index (χ1) is 10.1. The quantitative estimate of drug-likeness (QED) is 0.785. The van der Waals surface area contributed by atoms with Crippen LogP contribution in [0.1, 0.15) is 24.8 Å². The van der Waals surface area contributed by atoms with E-state index in [2.05, 4.69) is 4.72 Å². The fourth-order valence-electron chi connectivity index (χ4n) is 2.34. The molecule has 1 fully saturated rings. The van der Waals surface area contributed by atoms with Crippen LogP contribution in [0.3, 0.4) is 0 Å². The molecule has 0 aromatic heterocycles. The second-order valence-corrected chi connectivity index (χ2v) is 6.70. The van der Waals surface area contributed by atoms with Crippen LogP contribution in [0.15, 0.2) is 23.1 Å². The topological polar surface area (TPSA) is 84.9 Å². The van der Waals surface area contributed by atoms with Crippen molar-refractivity contribution >= 4 is 10.0 Å². The average molecular weight is 315 g/mol. The third-order valence-corrected chi connectivity index (χ3v) is 4.98. The molecule has 1 saturated heterocycles. The molecule has 1 aromatic carbocycles. The molecule has 0 amide bonds. The van der Waals surface area contributed by atoms with Crippen LogP contribution in [-0.4, -0.2) is 39.9 Å². The van der Waals surface area contributed by atoms with Gasteiger partial charge in [0.25, 0.3) is 0 Å². The predicted octanol–water partition coefficient (Wildman–Crippen LogP) is 1.03. The van der Waals surface area contributed by atoms with Gasteiger partial charge >= 0.3 is 0 Å². The number of nitrogens with one attached hydrogen (secondary N) is 1. The third-order valence-electron chi connectivity index (χ3n) is 3.48. The fraction of sp³-hybridized carbons (Fsp3) is 0.571. The Labute approximate surface area is 125 Å². The highest BCUT2D eigenvalue weighted by Crippen LogP contribution is 2.25. The molecule has 1 aliphatic heterocycles. The maximum absolute atomic E-state index is 12.3. The molecule has 0 saturated carbocycles. The van der Waals surface area contributed by atoms with Gasteiger partial charge < -0.3 is 14.6 Å². The molecule has 6 nitrogen and oxygen atoms in total. The van der Waals surface area contributed by atoms with Crippen LogP contribution < -0.4 is 9.46 Å². The number of sulfonamides is 1. The Morgan fingerprint density at radius 3 is 2.90 bits per heavy atom. The zero-order valence-corrected chi connectivity index (χ0v) is 12.9. The molecule has 21 heavy (non-hydrogen) atoms. The molecular formula is C14H21NO5S. The summed E-state index contributed by atoms with van der Waals surface area (Å²) in [7, 11) is -2.23. The monoisotopic (exact) mass is 315 g/mol. The van der Waals surface area contributed by atoms with E-state index in [1.807, 2.05) is 0 Å². The van der Waals surface area contributed by atoms with Crippen molar-refractivity contribution in [2.75, 3.05) is 20.3 Å². The molecule has 2 rings (SSSR count). The molecule has 0 spiro atoms. The molecule has 118 valence electrons. The van der Waals surface area contributed by atoms with E-state index >= 15 is 0 Å². The summed E-state index contributed by atoms with van der Waals surface area (Å²) in [6.45, 7) is 0.925. The number of aliphatic hydroxyl groups is 1. The first kappa shape index (κ1) is 16.2. The van der Waals surface area contributed by atoms with E-state index in [9.17, 15) is 8.42 Å². The molecule has 1 aliphatic rings. The van der Waals surface area contributed by atoms with Gasteiger partial charge in [-0.3, -0.25) is 0 Å². The van der Waals surface area contributed by atoms with Crippen LogP contribution in [-0.2, 0) is 21.4 Å². The van der Waals surface area contributed by atoms with Gasteiger partial charge in [0.05, 0.1) is 19.8 Å². The highest BCUT2D eigenvalue weighted by atomic mass is 32.2. The second kappa shape index (κ2) is 7.22. The van der Waals surface area contributed by atoms with Crippen LogP contribution in [0.2, 0.25) is 0 Å². The Kier molecular flexibility index (Phi) is 5.58. The Hall–Kier alpha value is -1.15. The average Bonchev–Trinajstić information content (AvgIpc) is 2.99. The van der Waals surface area contributed by atoms with Gasteiger partial charge in [-0.15, -0.1) is 0 Å². The summed E-state index contributed by atoms with van der Waals surface area (Å²) in [4.78, 5) is 0.0783. The van der Waals surface area contributed by atoms with Crippen LogP contribution in [0, 0.1) is 0 Å². The van der Waals surface area contributed by atoms with Gasteiger partial charge in [0.1, 0.15) is 10.6 Å². The lowest BCUT2D eigenvalue weighted by Crippen LogP contribution is -2.27. The Bertz CT molecular complexity index is 567. The molecule has 1 heterocycles. The lowest BCUT2D eigenvalue weighted by atomic mass is 10.2. The standard InChI is InChI=1S/C14H21NO5S/c1-19-13-9-11(10-16)4-5-14(13)21(17,18)15-7-6-12-3-2-8-20-12/h4-5,9,12,15-16H,2-3,6-8,10H2,1H3. The summed E-state index contributed by atoms with van der Waals surface area (Å²) in [6, 6.07) is 4.53. The summed E-state index contributed by atoms with van der Waals surface area (Å²) in [6.07, 6.45) is 2.83. The minimum absolute atomic E-state index is 0.0783. The number of hydrogen-bond acceptors (Lipinski definition) is 5. The van der Waals surface area contributed by atoms with Crippen molar-refractivity contribution in [2.45, 2.75) is 36.9 Å². The fourth-order valence-corrected chi connectivity index (χ4v) is 3.53. The van der Waals surface area contributed by atoms with Crippen LogP contribution >= 0.6 is 0 Å². The van der Waals surface area contributed by atoms with Gasteiger partial charge in [-0.1, -0.05) is 6.07 Å². The molecule has 1 unspecified atom stereocenters. The molecule has 0 bridgehead atoms. The van der Waals surface area contributed by atoms with Gasteiger partial charge in [-0.05, 0) is 37.0 Å². The lowest BCUT2D eigenvalue weighted by molar-refractivity contribution is 0.105. The Morgan fingerprint density at radius 1 is 1.48 bits per heavy atom. The third kappa shape index (κ3) is 4.16. The van der Waals surface area contributed by atoms with Crippen molar-refractivity contribution in [1.29, 1.82) is 0 Å². The SMILES string of the molecule is COc1cc(CO)ccc1S(=O)(=O)NCCC1CCCO1. The van der Waals surface area contributed by atoms with Crippen molar-refractivity contribution in [2.24, 2.45) is 0 Å². The number of hydrogen-bond donors (Lipinski definition) is 2. The molecular weight excluding hydrogens is 294 g/mol. The molecule has 7 heteroatoms. The number of benzene rings is 1. The van der Waals surface area contributed by atoms with E-state index in [-0.39, 0.29) is 23.4 Å². The zero-order chi connectivity index (χ0) is 15.3. The van der Waals surface area contributed by atoms with E-state index in [1.165, 1.54) is 19.2 Å². The van der Waals surface area contributed by atoms with Crippen LogP contribution in [0.25, 0.3) is 0 Å². The van der Waals surface area contributed by atoms with Crippen molar-refractivity contribution in [3.63, 3.8) is 0 Å².